The first kappa shape index (κ1) is 14.3. The largest absolute Gasteiger partial charge is 0.378 e. The van der Waals surface area contributed by atoms with E-state index < -0.39 is 0 Å². The number of nitrogens with zero attached hydrogens (tertiary/aromatic N) is 2. The Balaban J connectivity index is 2.20. The van der Waals surface area contributed by atoms with Crippen molar-refractivity contribution in [3.05, 3.63) is 52.8 Å². The van der Waals surface area contributed by atoms with E-state index in [0.29, 0.717) is 10.7 Å². The number of carbonyl (C=O) groups excluding carboxylic acids is 1. The molecule has 0 fully saturated rings. The van der Waals surface area contributed by atoms with Crippen LogP contribution in [0.3, 0.4) is 0 Å². The highest BCUT2D eigenvalue weighted by Gasteiger charge is 2.10. The van der Waals surface area contributed by atoms with Gasteiger partial charge in [0.05, 0.1) is 0 Å². The standard InChI is InChI=1S/C15H16ClN3O/c1-10-8-12(19(2)3)4-5-13(10)18-15(20)14-9-11(16)6-7-17-14/h4-9H,1-3H3,(H,18,20). The Kier molecular flexibility index (Phi) is 4.25. The van der Waals surface area contributed by atoms with Crippen LogP contribution in [0.5, 0.6) is 0 Å². The van der Waals surface area contributed by atoms with Crippen molar-refractivity contribution in [3.8, 4) is 0 Å². The van der Waals surface area contributed by atoms with Gasteiger partial charge in [0, 0.05) is 36.7 Å². The number of aryl methyl sites for hydroxylation is 1. The average Bonchev–Trinajstić information content (AvgIpc) is 2.40. The van der Waals surface area contributed by atoms with Gasteiger partial charge in [-0.1, -0.05) is 11.6 Å². The molecule has 0 saturated carbocycles. The summed E-state index contributed by atoms with van der Waals surface area (Å²) in [4.78, 5) is 18.1. The summed E-state index contributed by atoms with van der Waals surface area (Å²) in [5.74, 6) is -0.270. The first-order chi connectivity index (χ1) is 9.47. The van der Waals surface area contributed by atoms with Gasteiger partial charge in [0.2, 0.25) is 0 Å². The van der Waals surface area contributed by atoms with Crippen molar-refractivity contribution in [1.29, 1.82) is 0 Å². The molecular weight excluding hydrogens is 274 g/mol. The van der Waals surface area contributed by atoms with E-state index in [1.54, 1.807) is 12.1 Å². The van der Waals surface area contributed by atoms with Gasteiger partial charge in [-0.2, -0.15) is 0 Å². The van der Waals surface area contributed by atoms with Gasteiger partial charge in [-0.25, -0.2) is 0 Å². The highest BCUT2D eigenvalue weighted by atomic mass is 35.5. The average molecular weight is 290 g/mol. The van der Waals surface area contributed by atoms with Gasteiger partial charge in [-0.15, -0.1) is 0 Å². The van der Waals surface area contributed by atoms with Gasteiger partial charge in [0.15, 0.2) is 0 Å². The van der Waals surface area contributed by atoms with E-state index in [2.05, 4.69) is 10.3 Å². The zero-order valence-electron chi connectivity index (χ0n) is 11.6. The van der Waals surface area contributed by atoms with Crippen molar-refractivity contribution in [2.24, 2.45) is 0 Å². The third-order valence-corrected chi connectivity index (χ3v) is 3.16. The van der Waals surface area contributed by atoms with Crippen molar-refractivity contribution in [2.75, 3.05) is 24.3 Å². The summed E-state index contributed by atoms with van der Waals surface area (Å²) in [6, 6.07) is 9.03. The minimum atomic E-state index is -0.270. The number of carbonyl (C=O) groups is 1. The van der Waals surface area contributed by atoms with Crippen molar-refractivity contribution in [1.82, 2.24) is 4.98 Å². The summed E-state index contributed by atoms with van der Waals surface area (Å²) in [6.45, 7) is 1.95. The molecule has 2 rings (SSSR count). The van der Waals surface area contributed by atoms with Crippen LogP contribution >= 0.6 is 11.6 Å². The summed E-state index contributed by atoms with van der Waals surface area (Å²) < 4.78 is 0. The van der Waals surface area contributed by atoms with Gasteiger partial charge in [0.25, 0.3) is 5.91 Å². The summed E-state index contributed by atoms with van der Waals surface area (Å²) in [5.41, 5.74) is 3.14. The van der Waals surface area contributed by atoms with Crippen molar-refractivity contribution in [3.63, 3.8) is 0 Å². The molecule has 0 atom stereocenters. The second-order valence-electron chi connectivity index (χ2n) is 4.71. The van der Waals surface area contributed by atoms with E-state index in [0.717, 1.165) is 16.9 Å². The van der Waals surface area contributed by atoms with Crippen molar-refractivity contribution < 1.29 is 4.79 Å². The monoisotopic (exact) mass is 289 g/mol. The lowest BCUT2D eigenvalue weighted by molar-refractivity contribution is 0.102. The molecule has 0 saturated heterocycles. The van der Waals surface area contributed by atoms with Crippen LogP contribution in [-0.4, -0.2) is 25.0 Å². The molecule has 104 valence electrons. The molecule has 0 bridgehead atoms. The van der Waals surface area contributed by atoms with Crippen LogP contribution < -0.4 is 10.2 Å². The highest BCUT2D eigenvalue weighted by Crippen LogP contribution is 2.22. The normalized spacial score (nSPS) is 10.2. The molecule has 2 aromatic rings. The molecule has 20 heavy (non-hydrogen) atoms. The van der Waals surface area contributed by atoms with Gasteiger partial charge in [-0.05, 0) is 42.8 Å². The smallest absolute Gasteiger partial charge is 0.274 e. The van der Waals surface area contributed by atoms with Crippen LogP contribution in [0.2, 0.25) is 5.02 Å². The lowest BCUT2D eigenvalue weighted by Gasteiger charge is -2.15. The molecule has 1 N–H and O–H groups in total. The van der Waals surface area contributed by atoms with Crippen LogP contribution in [0.1, 0.15) is 16.1 Å². The topological polar surface area (TPSA) is 45.2 Å². The number of halogens is 1. The number of pyridine rings is 1. The van der Waals surface area contributed by atoms with Crippen LogP contribution in [0.4, 0.5) is 11.4 Å². The van der Waals surface area contributed by atoms with E-state index in [9.17, 15) is 4.79 Å². The number of hydrogen-bond acceptors (Lipinski definition) is 3. The zero-order valence-corrected chi connectivity index (χ0v) is 12.4. The lowest BCUT2D eigenvalue weighted by Crippen LogP contribution is -2.15. The molecule has 0 spiro atoms. The van der Waals surface area contributed by atoms with Gasteiger partial charge >= 0.3 is 0 Å². The maximum absolute atomic E-state index is 12.1. The van der Waals surface area contributed by atoms with Crippen LogP contribution in [0, 0.1) is 6.92 Å². The fourth-order valence-electron chi connectivity index (χ4n) is 1.78. The molecule has 1 aromatic heterocycles. The Morgan fingerprint density at radius 2 is 2.00 bits per heavy atom. The number of anilines is 2. The predicted octanol–water partition coefficient (Wildman–Crippen LogP) is 3.36. The van der Waals surface area contributed by atoms with Crippen LogP contribution in [0.25, 0.3) is 0 Å². The predicted molar refractivity (Wildman–Crippen MR) is 82.7 cm³/mol. The first-order valence-corrected chi connectivity index (χ1v) is 6.56. The second kappa shape index (κ2) is 5.92. The maximum Gasteiger partial charge on any atom is 0.274 e. The van der Waals surface area contributed by atoms with Gasteiger partial charge in [-0.3, -0.25) is 9.78 Å². The minimum absolute atomic E-state index is 0.270. The number of aromatic nitrogens is 1. The molecule has 0 aliphatic carbocycles. The maximum atomic E-state index is 12.1. The van der Waals surface area contributed by atoms with Crippen molar-refractivity contribution >= 4 is 28.9 Å². The van der Waals surface area contributed by atoms with E-state index in [1.165, 1.54) is 6.20 Å². The molecule has 0 aliphatic rings. The van der Waals surface area contributed by atoms with Crippen LogP contribution in [0.15, 0.2) is 36.5 Å². The summed E-state index contributed by atoms with van der Waals surface area (Å²) >= 11 is 5.85. The molecular formula is C15H16ClN3O. The molecule has 5 heteroatoms. The Labute approximate surface area is 123 Å². The number of amides is 1. The van der Waals surface area contributed by atoms with E-state index in [1.807, 2.05) is 44.1 Å². The highest BCUT2D eigenvalue weighted by molar-refractivity contribution is 6.30. The van der Waals surface area contributed by atoms with Gasteiger partial charge < -0.3 is 10.2 Å². The molecule has 1 aromatic carbocycles. The number of nitrogens with one attached hydrogen (secondary N) is 1. The quantitative estimate of drug-likeness (QED) is 0.942. The number of rotatable bonds is 3. The second-order valence-corrected chi connectivity index (χ2v) is 5.14. The zero-order chi connectivity index (χ0) is 14.7. The van der Waals surface area contributed by atoms with E-state index in [4.69, 9.17) is 11.6 Å². The fourth-order valence-corrected chi connectivity index (χ4v) is 1.94. The lowest BCUT2D eigenvalue weighted by atomic mass is 10.1. The minimum Gasteiger partial charge on any atom is -0.378 e. The third-order valence-electron chi connectivity index (χ3n) is 2.93. The summed E-state index contributed by atoms with van der Waals surface area (Å²) in [6.07, 6.45) is 1.51. The Morgan fingerprint density at radius 3 is 2.60 bits per heavy atom. The van der Waals surface area contributed by atoms with E-state index >= 15 is 0 Å². The molecule has 0 unspecified atom stereocenters. The van der Waals surface area contributed by atoms with E-state index in [-0.39, 0.29) is 5.91 Å². The Morgan fingerprint density at radius 1 is 1.25 bits per heavy atom. The molecule has 1 heterocycles. The fraction of sp³-hybridized carbons (Fsp3) is 0.200. The number of hydrogen-bond donors (Lipinski definition) is 1. The molecule has 0 aliphatic heterocycles. The van der Waals surface area contributed by atoms with Crippen LogP contribution in [-0.2, 0) is 0 Å². The molecule has 0 radical (unpaired) electrons. The molecule has 4 nitrogen and oxygen atoms in total. The first-order valence-electron chi connectivity index (χ1n) is 6.18. The van der Waals surface area contributed by atoms with Gasteiger partial charge in [0.1, 0.15) is 5.69 Å². The Bertz CT molecular complexity index is 641. The molecule has 1 amide bonds. The third kappa shape index (κ3) is 3.27. The number of benzene rings is 1. The summed E-state index contributed by atoms with van der Waals surface area (Å²) in [5, 5.41) is 3.33. The SMILES string of the molecule is Cc1cc(N(C)C)ccc1NC(=O)c1cc(Cl)ccn1. The Hall–Kier alpha value is -2.07. The van der Waals surface area contributed by atoms with Crippen molar-refractivity contribution in [2.45, 2.75) is 6.92 Å². The summed E-state index contributed by atoms with van der Waals surface area (Å²) in [7, 11) is 3.95.